The number of hydrogen-bond donors (Lipinski definition) is 4. The summed E-state index contributed by atoms with van der Waals surface area (Å²) in [6.45, 7) is 2.22. The number of phenols is 1. The fourth-order valence-corrected chi connectivity index (χ4v) is 8.70. The first-order chi connectivity index (χ1) is 19.8. The van der Waals surface area contributed by atoms with Crippen LogP contribution in [0.5, 0.6) is 5.75 Å². The molecule has 2 saturated carbocycles. The number of aromatic hydroxyl groups is 1. The molecule has 4 fully saturated rings. The Kier molecular flexibility index (Phi) is 6.57. The molecular formula is C33H40N4O4. The van der Waals surface area contributed by atoms with E-state index in [1.54, 1.807) is 0 Å². The lowest BCUT2D eigenvalue weighted by Gasteiger charge is -2.62. The number of fused-ring (bicyclic) bond motifs is 2. The first-order valence-corrected chi connectivity index (χ1v) is 15.3. The quantitative estimate of drug-likeness (QED) is 0.390. The molecule has 2 aliphatic heterocycles. The fraction of sp³-hybridized carbons (Fsp3) is 0.545. The van der Waals surface area contributed by atoms with Crippen molar-refractivity contribution in [3.8, 4) is 5.75 Å². The van der Waals surface area contributed by atoms with Crippen molar-refractivity contribution in [1.82, 2.24) is 15.5 Å². The van der Waals surface area contributed by atoms with E-state index in [2.05, 4.69) is 21.6 Å². The van der Waals surface area contributed by atoms with Gasteiger partial charge in [-0.1, -0.05) is 36.4 Å². The number of nitrogens with zero attached hydrogens (tertiary/aromatic N) is 1. The fourth-order valence-electron chi connectivity index (χ4n) is 8.70. The van der Waals surface area contributed by atoms with Crippen molar-refractivity contribution < 1.29 is 19.5 Å². The highest BCUT2D eigenvalue weighted by Gasteiger charge is 2.59. The summed E-state index contributed by atoms with van der Waals surface area (Å²) in [6.07, 6.45) is 7.22. The minimum Gasteiger partial charge on any atom is -0.508 e. The average molecular weight is 557 g/mol. The van der Waals surface area contributed by atoms with Gasteiger partial charge in [0.15, 0.2) is 0 Å². The second kappa shape index (κ2) is 10.2. The largest absolute Gasteiger partial charge is 0.508 e. The van der Waals surface area contributed by atoms with Crippen molar-refractivity contribution in [2.24, 2.45) is 29.4 Å². The van der Waals surface area contributed by atoms with Crippen LogP contribution in [0.4, 0.5) is 0 Å². The summed E-state index contributed by atoms with van der Waals surface area (Å²) in [5.74, 6) is -0.413. The van der Waals surface area contributed by atoms with E-state index in [1.165, 1.54) is 24.0 Å². The Hall–Kier alpha value is -3.39. The van der Waals surface area contributed by atoms with Gasteiger partial charge in [-0.3, -0.25) is 19.3 Å². The Morgan fingerprint density at radius 2 is 1.95 bits per heavy atom. The molecule has 0 radical (unpaired) electrons. The van der Waals surface area contributed by atoms with Crippen molar-refractivity contribution in [2.45, 2.75) is 74.9 Å². The van der Waals surface area contributed by atoms with Crippen LogP contribution < -0.4 is 16.4 Å². The third-order valence-corrected chi connectivity index (χ3v) is 10.9. The highest BCUT2D eigenvalue weighted by molar-refractivity contribution is 6.02. The van der Waals surface area contributed by atoms with Crippen molar-refractivity contribution in [3.63, 3.8) is 0 Å². The van der Waals surface area contributed by atoms with E-state index in [4.69, 9.17) is 5.73 Å². The normalized spacial score (nSPS) is 33.0. The van der Waals surface area contributed by atoms with Gasteiger partial charge in [0.25, 0.3) is 0 Å². The summed E-state index contributed by atoms with van der Waals surface area (Å²) in [4.78, 5) is 41.8. The highest BCUT2D eigenvalue weighted by Crippen LogP contribution is 2.58. The predicted octanol–water partition coefficient (Wildman–Crippen LogP) is 2.41. The van der Waals surface area contributed by atoms with Crippen LogP contribution in [0.1, 0.15) is 55.2 Å². The van der Waals surface area contributed by atoms with Crippen molar-refractivity contribution in [3.05, 3.63) is 65.2 Å². The Balaban J connectivity index is 1.12. The molecule has 5 aliphatic rings. The van der Waals surface area contributed by atoms with E-state index < -0.39 is 23.8 Å². The van der Waals surface area contributed by atoms with Crippen LogP contribution >= 0.6 is 0 Å². The number of hydrogen-bond acceptors (Lipinski definition) is 5. The predicted molar refractivity (Wildman–Crippen MR) is 154 cm³/mol. The first kappa shape index (κ1) is 26.5. The van der Waals surface area contributed by atoms with E-state index in [-0.39, 0.29) is 29.7 Å². The maximum atomic E-state index is 13.4. The maximum absolute atomic E-state index is 13.4. The summed E-state index contributed by atoms with van der Waals surface area (Å²) >= 11 is 0. The van der Waals surface area contributed by atoms with Gasteiger partial charge < -0.3 is 21.5 Å². The van der Waals surface area contributed by atoms with Gasteiger partial charge in [0.1, 0.15) is 17.7 Å². The van der Waals surface area contributed by atoms with E-state index in [0.717, 1.165) is 50.3 Å². The number of phenolic OH excluding ortho intramolecular Hbond substituents is 1. The monoisotopic (exact) mass is 556 g/mol. The third kappa shape index (κ3) is 4.80. The Morgan fingerprint density at radius 3 is 2.71 bits per heavy atom. The lowest BCUT2D eigenvalue weighted by atomic mass is 9.49. The van der Waals surface area contributed by atoms with Crippen LogP contribution in [0, 0.1) is 23.7 Å². The van der Waals surface area contributed by atoms with Crippen molar-refractivity contribution in [1.29, 1.82) is 0 Å². The molecule has 216 valence electrons. The molecule has 2 bridgehead atoms. The van der Waals surface area contributed by atoms with Crippen LogP contribution in [0.25, 0.3) is 0 Å². The SMILES string of the molecule is NC(=O)[C@H](Cc1ccccc1)NC(=O)C1CC2C[C@H]3[C@H]4Cc5ccc(O)cc5[C@@]3(CCN4CC3CC3)CC2NC1=O. The zero-order chi connectivity index (χ0) is 28.3. The molecule has 3 unspecified atom stereocenters. The second-order valence-electron chi connectivity index (χ2n) is 13.3. The molecular weight excluding hydrogens is 516 g/mol. The summed E-state index contributed by atoms with van der Waals surface area (Å²) in [6, 6.07) is 14.9. The van der Waals surface area contributed by atoms with Gasteiger partial charge in [0.05, 0.1) is 0 Å². The second-order valence-corrected chi connectivity index (χ2v) is 13.3. The van der Waals surface area contributed by atoms with Gasteiger partial charge in [-0.2, -0.15) is 0 Å². The van der Waals surface area contributed by atoms with Crippen molar-refractivity contribution in [2.75, 3.05) is 13.1 Å². The van der Waals surface area contributed by atoms with E-state index in [9.17, 15) is 19.5 Å². The number of nitrogens with one attached hydrogen (secondary N) is 2. The third-order valence-electron chi connectivity index (χ3n) is 10.9. The summed E-state index contributed by atoms with van der Waals surface area (Å²) in [5.41, 5.74) is 9.07. The number of rotatable bonds is 7. The number of amides is 3. The van der Waals surface area contributed by atoms with Gasteiger partial charge >= 0.3 is 0 Å². The molecule has 2 heterocycles. The zero-order valence-electron chi connectivity index (χ0n) is 23.4. The Labute approximate surface area is 241 Å². The topological polar surface area (TPSA) is 125 Å². The minimum atomic E-state index is -0.872. The van der Waals surface area contributed by atoms with Gasteiger partial charge in [0.2, 0.25) is 17.7 Å². The molecule has 8 nitrogen and oxygen atoms in total. The Bertz CT molecular complexity index is 1360. The van der Waals surface area contributed by atoms with Crippen molar-refractivity contribution >= 4 is 17.7 Å². The summed E-state index contributed by atoms with van der Waals surface area (Å²) in [5, 5.41) is 16.5. The molecule has 8 heteroatoms. The van der Waals surface area contributed by atoms with E-state index in [1.807, 2.05) is 42.5 Å². The molecule has 2 aromatic carbocycles. The summed E-state index contributed by atoms with van der Waals surface area (Å²) in [7, 11) is 0. The van der Waals surface area contributed by atoms with Crippen LogP contribution in [-0.4, -0.2) is 58.9 Å². The van der Waals surface area contributed by atoms with Crippen LogP contribution in [0.15, 0.2) is 48.5 Å². The number of carbonyl (C=O) groups is 3. The molecule has 7 atom stereocenters. The van der Waals surface area contributed by atoms with Crippen LogP contribution in [0.2, 0.25) is 0 Å². The highest BCUT2D eigenvalue weighted by atomic mass is 16.3. The maximum Gasteiger partial charge on any atom is 0.240 e. The first-order valence-electron chi connectivity index (χ1n) is 15.3. The molecule has 5 N–H and O–H groups in total. The molecule has 2 aromatic rings. The van der Waals surface area contributed by atoms with Crippen LogP contribution in [0.3, 0.4) is 0 Å². The molecule has 2 saturated heterocycles. The van der Waals surface area contributed by atoms with Gasteiger partial charge in [0, 0.05) is 30.5 Å². The molecule has 7 rings (SSSR count). The number of nitrogens with two attached hydrogens (primary N) is 1. The molecule has 3 aliphatic carbocycles. The molecule has 3 amide bonds. The molecule has 41 heavy (non-hydrogen) atoms. The van der Waals surface area contributed by atoms with E-state index in [0.29, 0.717) is 24.1 Å². The summed E-state index contributed by atoms with van der Waals surface area (Å²) < 4.78 is 0. The number of carbonyl (C=O) groups excluding carboxylic acids is 3. The lowest BCUT2D eigenvalue weighted by Crippen LogP contribution is -2.67. The lowest BCUT2D eigenvalue weighted by molar-refractivity contribution is -0.143. The number of piperidine rings is 2. The smallest absolute Gasteiger partial charge is 0.240 e. The molecule has 0 spiro atoms. The van der Waals surface area contributed by atoms with Crippen LogP contribution in [-0.2, 0) is 32.6 Å². The standard InChI is InChI=1S/C33H40N4O4/c34-30(39)27(12-19-4-2-1-3-5-19)35-31(40)24-13-22-14-26-29-15-21-8-9-23(38)16-25(21)33(26,17-28(22)36-32(24)41)10-11-37(29)18-20-6-7-20/h1-5,8-9,16,20,22,24,26-29,38H,6-7,10-15,17-18H2,(H2,34,39)(H,35,40)(H,36,41)/t22?,24?,26-,27-,28?,29+,33+/m0/s1. The van der Waals surface area contributed by atoms with Gasteiger partial charge in [-0.25, -0.2) is 0 Å². The number of likely N-dealkylation sites (tertiary alicyclic amines) is 1. The Morgan fingerprint density at radius 1 is 1.15 bits per heavy atom. The number of primary amides is 1. The zero-order valence-corrected chi connectivity index (χ0v) is 23.4. The van der Waals surface area contributed by atoms with Gasteiger partial charge in [-0.15, -0.1) is 0 Å². The number of benzene rings is 2. The van der Waals surface area contributed by atoms with E-state index >= 15 is 0 Å². The average Bonchev–Trinajstić information content (AvgIpc) is 3.78. The minimum absolute atomic E-state index is 0.0111. The molecule has 0 aromatic heterocycles. The van der Waals surface area contributed by atoms with Gasteiger partial charge in [-0.05, 0) is 98.1 Å².